The maximum absolute atomic E-state index is 13.9. The molecule has 1 aliphatic heterocycles. The number of nitrogens with one attached hydrogen (secondary N) is 1. The molecule has 0 aliphatic carbocycles. The molecule has 0 radical (unpaired) electrons. The van der Waals surface area contributed by atoms with E-state index in [1.807, 2.05) is 6.07 Å². The van der Waals surface area contributed by atoms with Crippen molar-refractivity contribution >= 4 is 15.8 Å². The number of halogens is 1. The molecule has 2 aromatic rings. The lowest BCUT2D eigenvalue weighted by Gasteiger charge is -2.29. The first kappa shape index (κ1) is 17.8. The van der Waals surface area contributed by atoms with Gasteiger partial charge in [-0.1, -0.05) is 12.1 Å². The van der Waals surface area contributed by atoms with Crippen molar-refractivity contribution in [3.05, 3.63) is 53.5 Å². The van der Waals surface area contributed by atoms with Crippen LogP contribution in [0.3, 0.4) is 0 Å². The van der Waals surface area contributed by atoms with E-state index in [4.69, 9.17) is 4.74 Å². The maximum atomic E-state index is 13.9. The third-order valence-electron chi connectivity index (χ3n) is 4.01. The number of morpholine rings is 1. The van der Waals surface area contributed by atoms with E-state index in [9.17, 15) is 12.8 Å². The van der Waals surface area contributed by atoms with Gasteiger partial charge in [0.25, 0.3) is 0 Å². The number of benzene rings is 1. The van der Waals surface area contributed by atoms with Crippen LogP contribution in [-0.4, -0.2) is 39.7 Å². The summed E-state index contributed by atoms with van der Waals surface area (Å²) in [5, 5.41) is 0. The molecule has 1 N–H and O–H groups in total. The molecule has 0 spiro atoms. The molecule has 1 aromatic heterocycles. The monoisotopic (exact) mass is 365 g/mol. The van der Waals surface area contributed by atoms with Gasteiger partial charge in [-0.25, -0.2) is 22.5 Å². The molecule has 0 bridgehead atoms. The zero-order valence-electron chi connectivity index (χ0n) is 13.9. The van der Waals surface area contributed by atoms with Gasteiger partial charge in [-0.15, -0.1) is 0 Å². The Morgan fingerprint density at radius 2 is 2.04 bits per heavy atom. The fourth-order valence-corrected chi connectivity index (χ4v) is 3.86. The van der Waals surface area contributed by atoms with Crippen molar-refractivity contribution in [2.24, 2.45) is 0 Å². The normalized spacial score (nSPS) is 15.4. The molecule has 0 amide bonds. The second kappa shape index (κ2) is 7.47. The third kappa shape index (κ3) is 4.15. The fraction of sp³-hybridized carbons (Fsp3) is 0.353. The van der Waals surface area contributed by atoms with Crippen LogP contribution in [0.5, 0.6) is 0 Å². The molecule has 0 unspecified atom stereocenters. The van der Waals surface area contributed by atoms with E-state index in [1.54, 1.807) is 19.2 Å². The minimum Gasteiger partial charge on any atom is -0.378 e. The lowest BCUT2D eigenvalue weighted by atomic mass is 10.2. The smallest absolute Gasteiger partial charge is 0.243 e. The van der Waals surface area contributed by atoms with Crippen LogP contribution >= 0.6 is 0 Å². The van der Waals surface area contributed by atoms with Crippen LogP contribution in [0.2, 0.25) is 0 Å². The largest absolute Gasteiger partial charge is 0.378 e. The van der Waals surface area contributed by atoms with Crippen molar-refractivity contribution in [2.75, 3.05) is 31.2 Å². The van der Waals surface area contributed by atoms with E-state index < -0.39 is 15.8 Å². The predicted octanol–water partition coefficient (Wildman–Crippen LogP) is 1.84. The highest BCUT2D eigenvalue weighted by atomic mass is 32.2. The number of aryl methyl sites for hydroxylation is 1. The molecule has 6 nitrogen and oxygen atoms in total. The number of ether oxygens (including phenoxy) is 1. The number of hydrogen-bond acceptors (Lipinski definition) is 5. The van der Waals surface area contributed by atoms with Gasteiger partial charge < -0.3 is 9.64 Å². The molecule has 134 valence electrons. The minimum absolute atomic E-state index is 0.0379. The first-order valence-corrected chi connectivity index (χ1v) is 9.48. The standard InChI is InChI=1S/C17H20FN3O3S/c1-13-4-5-15(18)16(11-13)25(22,23)20-12-14-3-2-6-19-17(14)21-7-9-24-10-8-21/h2-6,11,20H,7-10,12H2,1H3. The lowest BCUT2D eigenvalue weighted by molar-refractivity contribution is 0.122. The van der Waals surface area contributed by atoms with Crippen LogP contribution in [-0.2, 0) is 21.3 Å². The van der Waals surface area contributed by atoms with Gasteiger partial charge in [-0.2, -0.15) is 0 Å². The molecule has 1 fully saturated rings. The summed E-state index contributed by atoms with van der Waals surface area (Å²) in [6, 6.07) is 7.58. The Morgan fingerprint density at radius 3 is 2.80 bits per heavy atom. The Bertz CT molecular complexity index is 852. The van der Waals surface area contributed by atoms with Gasteiger partial charge in [0.1, 0.15) is 16.5 Å². The number of hydrogen-bond donors (Lipinski definition) is 1. The molecule has 1 aliphatic rings. The number of nitrogens with zero attached hydrogens (tertiary/aromatic N) is 2. The second-order valence-electron chi connectivity index (χ2n) is 5.84. The molecule has 2 heterocycles. The van der Waals surface area contributed by atoms with Crippen molar-refractivity contribution in [3.63, 3.8) is 0 Å². The Balaban J connectivity index is 1.80. The summed E-state index contributed by atoms with van der Waals surface area (Å²) in [5.74, 6) is -0.0455. The van der Waals surface area contributed by atoms with Crippen LogP contribution in [0, 0.1) is 12.7 Å². The van der Waals surface area contributed by atoms with Gasteiger partial charge in [0.15, 0.2) is 0 Å². The van der Waals surface area contributed by atoms with Crippen molar-refractivity contribution < 1.29 is 17.5 Å². The second-order valence-corrected chi connectivity index (χ2v) is 7.58. The number of anilines is 1. The topological polar surface area (TPSA) is 71.5 Å². The minimum atomic E-state index is -3.96. The molecule has 8 heteroatoms. The highest BCUT2D eigenvalue weighted by molar-refractivity contribution is 7.89. The van der Waals surface area contributed by atoms with E-state index >= 15 is 0 Å². The van der Waals surface area contributed by atoms with Crippen molar-refractivity contribution in [2.45, 2.75) is 18.4 Å². The van der Waals surface area contributed by atoms with Gasteiger partial charge in [-0.05, 0) is 30.7 Å². The Kier molecular flexibility index (Phi) is 5.31. The first-order valence-electron chi connectivity index (χ1n) is 8.00. The van der Waals surface area contributed by atoms with Gasteiger partial charge in [0.05, 0.1) is 13.2 Å². The zero-order valence-corrected chi connectivity index (χ0v) is 14.7. The van der Waals surface area contributed by atoms with Gasteiger partial charge in [0.2, 0.25) is 10.0 Å². The summed E-state index contributed by atoms with van der Waals surface area (Å²) in [7, 11) is -3.96. The van der Waals surface area contributed by atoms with Crippen LogP contribution in [0.1, 0.15) is 11.1 Å². The Hall–Kier alpha value is -2.03. The van der Waals surface area contributed by atoms with E-state index in [2.05, 4.69) is 14.6 Å². The average molecular weight is 365 g/mol. The number of aromatic nitrogens is 1. The molecule has 0 saturated carbocycles. The number of pyridine rings is 1. The van der Waals surface area contributed by atoms with Gasteiger partial charge in [0, 0.05) is 31.4 Å². The number of rotatable bonds is 5. The highest BCUT2D eigenvalue weighted by Crippen LogP contribution is 2.20. The van der Waals surface area contributed by atoms with Gasteiger partial charge in [-0.3, -0.25) is 0 Å². The predicted molar refractivity (Wildman–Crippen MR) is 92.4 cm³/mol. The molecular weight excluding hydrogens is 345 g/mol. The molecule has 25 heavy (non-hydrogen) atoms. The van der Waals surface area contributed by atoms with Gasteiger partial charge >= 0.3 is 0 Å². The first-order chi connectivity index (χ1) is 12.0. The van der Waals surface area contributed by atoms with Crippen molar-refractivity contribution in [3.8, 4) is 0 Å². The quantitative estimate of drug-likeness (QED) is 0.876. The van der Waals surface area contributed by atoms with E-state index in [-0.39, 0.29) is 11.4 Å². The summed E-state index contributed by atoms with van der Waals surface area (Å²) in [4.78, 5) is 6.08. The summed E-state index contributed by atoms with van der Waals surface area (Å²) in [5.41, 5.74) is 1.41. The highest BCUT2D eigenvalue weighted by Gasteiger charge is 2.21. The molecule has 1 aromatic carbocycles. The molecule has 3 rings (SSSR count). The average Bonchev–Trinajstić information content (AvgIpc) is 2.63. The fourth-order valence-electron chi connectivity index (χ4n) is 2.70. The summed E-state index contributed by atoms with van der Waals surface area (Å²) >= 11 is 0. The van der Waals surface area contributed by atoms with Crippen LogP contribution in [0.4, 0.5) is 10.2 Å². The van der Waals surface area contributed by atoms with E-state index in [1.165, 1.54) is 12.1 Å². The SMILES string of the molecule is Cc1ccc(F)c(S(=O)(=O)NCc2cccnc2N2CCOCC2)c1. The van der Waals surface area contributed by atoms with E-state index in [0.29, 0.717) is 31.9 Å². The molecule has 0 atom stereocenters. The summed E-state index contributed by atoms with van der Waals surface area (Å²) < 4.78 is 46.6. The van der Waals surface area contributed by atoms with Crippen LogP contribution in [0.15, 0.2) is 41.4 Å². The summed E-state index contributed by atoms with van der Waals surface area (Å²) in [6.07, 6.45) is 1.67. The maximum Gasteiger partial charge on any atom is 0.243 e. The Morgan fingerprint density at radius 1 is 1.28 bits per heavy atom. The van der Waals surface area contributed by atoms with Crippen molar-refractivity contribution in [1.82, 2.24) is 9.71 Å². The van der Waals surface area contributed by atoms with Crippen molar-refractivity contribution in [1.29, 1.82) is 0 Å². The summed E-state index contributed by atoms with van der Waals surface area (Å²) in [6.45, 7) is 4.37. The zero-order chi connectivity index (χ0) is 17.9. The molecule has 1 saturated heterocycles. The van der Waals surface area contributed by atoms with E-state index in [0.717, 1.165) is 17.4 Å². The lowest BCUT2D eigenvalue weighted by Crippen LogP contribution is -2.37. The molecular formula is C17H20FN3O3S. The Labute approximate surface area is 146 Å². The third-order valence-corrected chi connectivity index (χ3v) is 5.42. The number of sulfonamides is 1. The van der Waals surface area contributed by atoms with Crippen LogP contribution < -0.4 is 9.62 Å². The van der Waals surface area contributed by atoms with Crippen LogP contribution in [0.25, 0.3) is 0 Å².